The van der Waals surface area contributed by atoms with Crippen molar-refractivity contribution in [1.82, 2.24) is 25.1 Å². The van der Waals surface area contributed by atoms with E-state index < -0.39 is 11.6 Å². The molecule has 1 fully saturated rings. The Morgan fingerprint density at radius 3 is 2.68 bits per heavy atom. The number of H-pyrrole nitrogens is 1. The molecular weight excluding hydrogens is 402 g/mol. The van der Waals surface area contributed by atoms with E-state index in [1.54, 1.807) is 6.20 Å². The number of fused-ring (bicyclic) bond motifs is 1. The number of hydrogen-bond donors (Lipinski definition) is 1. The first-order valence-corrected chi connectivity index (χ1v) is 9.95. The van der Waals surface area contributed by atoms with Crippen LogP contribution in [0.5, 0.6) is 11.8 Å². The van der Waals surface area contributed by atoms with Gasteiger partial charge in [-0.05, 0) is 31.3 Å². The van der Waals surface area contributed by atoms with E-state index in [0.717, 1.165) is 60.6 Å². The smallest absolute Gasteiger partial charge is 0.324 e. The third-order valence-corrected chi connectivity index (χ3v) is 5.38. The van der Waals surface area contributed by atoms with Crippen LogP contribution in [0.3, 0.4) is 0 Å². The zero-order valence-corrected chi connectivity index (χ0v) is 16.8. The fourth-order valence-electron chi connectivity index (χ4n) is 3.63. The molecule has 1 N–H and O–H groups in total. The van der Waals surface area contributed by atoms with E-state index in [4.69, 9.17) is 4.74 Å². The first kappa shape index (κ1) is 19.4. The molecule has 0 saturated carbocycles. The topological polar surface area (TPSA) is 70.2 Å². The van der Waals surface area contributed by atoms with Gasteiger partial charge in [0, 0.05) is 49.7 Å². The normalized spacial score (nSPS) is 14.9. The number of hydrogen-bond acceptors (Lipinski definition) is 6. The van der Waals surface area contributed by atoms with Crippen LogP contribution in [-0.4, -0.2) is 58.3 Å². The van der Waals surface area contributed by atoms with Gasteiger partial charge in [-0.1, -0.05) is 12.1 Å². The van der Waals surface area contributed by atoms with Gasteiger partial charge in [0.1, 0.15) is 11.5 Å². The van der Waals surface area contributed by atoms with E-state index in [9.17, 15) is 8.78 Å². The molecule has 2 aromatic heterocycles. The van der Waals surface area contributed by atoms with Gasteiger partial charge in [0.15, 0.2) is 17.2 Å². The molecule has 0 radical (unpaired) electrons. The van der Waals surface area contributed by atoms with Crippen molar-refractivity contribution in [2.45, 2.75) is 0 Å². The standard InChI is InChI=1S/C22H20F2N6O/c1-29-7-9-30(10-8-29)16-4-2-3-14(11-16)20-17-13-25-22(26-21(17)28-27-20)31-19-6-5-15(23)12-18(19)24/h2-6,11-13H,7-10H2,1H3,(H,25,26,27,28). The fourth-order valence-corrected chi connectivity index (χ4v) is 3.63. The van der Waals surface area contributed by atoms with Gasteiger partial charge in [-0.2, -0.15) is 10.1 Å². The number of aromatic nitrogens is 4. The van der Waals surface area contributed by atoms with E-state index in [0.29, 0.717) is 5.65 Å². The number of rotatable bonds is 4. The van der Waals surface area contributed by atoms with E-state index >= 15 is 0 Å². The molecule has 0 bridgehead atoms. The molecule has 1 aliphatic rings. The second kappa shape index (κ2) is 7.92. The van der Waals surface area contributed by atoms with Gasteiger partial charge in [0.25, 0.3) is 0 Å². The van der Waals surface area contributed by atoms with Crippen molar-refractivity contribution >= 4 is 16.7 Å². The molecule has 0 unspecified atom stereocenters. The number of ether oxygens (including phenoxy) is 1. The van der Waals surface area contributed by atoms with Crippen molar-refractivity contribution in [3.63, 3.8) is 0 Å². The highest BCUT2D eigenvalue weighted by molar-refractivity contribution is 5.90. The first-order chi connectivity index (χ1) is 15.1. The second-order valence-electron chi connectivity index (χ2n) is 7.50. The average Bonchev–Trinajstić information content (AvgIpc) is 3.20. The number of nitrogens with zero attached hydrogens (tertiary/aromatic N) is 5. The van der Waals surface area contributed by atoms with Gasteiger partial charge in [0.2, 0.25) is 0 Å². The third kappa shape index (κ3) is 3.91. The van der Waals surface area contributed by atoms with Crippen molar-refractivity contribution in [3.05, 3.63) is 60.3 Å². The minimum atomic E-state index is -0.824. The number of likely N-dealkylation sites (N-methyl/N-ethyl adjacent to an activating group) is 1. The molecule has 9 heteroatoms. The van der Waals surface area contributed by atoms with Crippen LogP contribution in [0, 0.1) is 11.6 Å². The van der Waals surface area contributed by atoms with Gasteiger partial charge < -0.3 is 14.5 Å². The lowest BCUT2D eigenvalue weighted by Gasteiger charge is -2.34. The zero-order valence-electron chi connectivity index (χ0n) is 16.8. The summed E-state index contributed by atoms with van der Waals surface area (Å²) in [5, 5.41) is 8.02. The fraction of sp³-hybridized carbons (Fsp3) is 0.227. The molecule has 4 aromatic rings. The van der Waals surface area contributed by atoms with Gasteiger partial charge in [-0.15, -0.1) is 0 Å². The number of benzene rings is 2. The SMILES string of the molecule is CN1CCN(c2cccc(-c3n[nH]c4nc(Oc5ccc(F)cc5F)ncc34)c2)CC1. The Morgan fingerprint density at radius 2 is 1.87 bits per heavy atom. The monoisotopic (exact) mass is 422 g/mol. The zero-order chi connectivity index (χ0) is 21.4. The lowest BCUT2D eigenvalue weighted by atomic mass is 10.1. The molecule has 7 nitrogen and oxygen atoms in total. The summed E-state index contributed by atoms with van der Waals surface area (Å²) in [4.78, 5) is 13.1. The number of anilines is 1. The van der Waals surface area contributed by atoms with E-state index in [1.807, 2.05) is 12.1 Å². The summed E-state index contributed by atoms with van der Waals surface area (Å²) in [5.74, 6) is -1.66. The maximum absolute atomic E-state index is 13.8. The minimum absolute atomic E-state index is 0.0561. The van der Waals surface area contributed by atoms with Crippen molar-refractivity contribution in [3.8, 4) is 23.0 Å². The molecule has 1 aliphatic heterocycles. The van der Waals surface area contributed by atoms with Crippen LogP contribution in [-0.2, 0) is 0 Å². The van der Waals surface area contributed by atoms with Crippen LogP contribution in [0.2, 0.25) is 0 Å². The maximum atomic E-state index is 13.8. The molecule has 5 rings (SSSR count). The van der Waals surface area contributed by atoms with Crippen LogP contribution in [0.4, 0.5) is 14.5 Å². The van der Waals surface area contributed by atoms with E-state index in [2.05, 4.69) is 49.1 Å². The van der Waals surface area contributed by atoms with Crippen LogP contribution in [0.15, 0.2) is 48.7 Å². The molecule has 0 spiro atoms. The van der Waals surface area contributed by atoms with Crippen molar-refractivity contribution < 1.29 is 13.5 Å². The second-order valence-corrected chi connectivity index (χ2v) is 7.50. The molecule has 2 aromatic carbocycles. The summed E-state index contributed by atoms with van der Waals surface area (Å²) >= 11 is 0. The Labute approximate surface area is 177 Å². The van der Waals surface area contributed by atoms with Crippen LogP contribution in [0.25, 0.3) is 22.3 Å². The predicted molar refractivity (Wildman–Crippen MR) is 113 cm³/mol. The number of halogens is 2. The largest absolute Gasteiger partial charge is 0.421 e. The van der Waals surface area contributed by atoms with Crippen LogP contribution < -0.4 is 9.64 Å². The van der Waals surface area contributed by atoms with Crippen molar-refractivity contribution in [2.75, 3.05) is 38.1 Å². The van der Waals surface area contributed by atoms with Gasteiger partial charge >= 0.3 is 6.01 Å². The summed E-state index contributed by atoms with van der Waals surface area (Å²) in [6.07, 6.45) is 1.58. The molecule has 3 heterocycles. The molecule has 0 amide bonds. The number of aromatic amines is 1. The first-order valence-electron chi connectivity index (χ1n) is 9.95. The van der Waals surface area contributed by atoms with Crippen LogP contribution in [0.1, 0.15) is 0 Å². The molecule has 0 aliphatic carbocycles. The summed E-state index contributed by atoms with van der Waals surface area (Å²) in [6, 6.07) is 11.2. The molecule has 31 heavy (non-hydrogen) atoms. The predicted octanol–water partition coefficient (Wildman–Crippen LogP) is 3.84. The summed E-state index contributed by atoms with van der Waals surface area (Å²) in [5.41, 5.74) is 3.29. The summed E-state index contributed by atoms with van der Waals surface area (Å²) in [6.45, 7) is 4.01. The lowest BCUT2D eigenvalue weighted by Crippen LogP contribution is -2.44. The average molecular weight is 422 g/mol. The Morgan fingerprint density at radius 1 is 1.03 bits per heavy atom. The van der Waals surface area contributed by atoms with Crippen LogP contribution >= 0.6 is 0 Å². The lowest BCUT2D eigenvalue weighted by molar-refractivity contribution is 0.313. The maximum Gasteiger partial charge on any atom is 0.324 e. The number of nitrogens with one attached hydrogen (secondary N) is 1. The Kier molecular flexibility index (Phi) is 4.95. The van der Waals surface area contributed by atoms with Gasteiger partial charge in [-0.3, -0.25) is 5.10 Å². The Balaban J connectivity index is 1.42. The van der Waals surface area contributed by atoms with Gasteiger partial charge in [-0.25, -0.2) is 13.8 Å². The highest BCUT2D eigenvalue weighted by Gasteiger charge is 2.17. The van der Waals surface area contributed by atoms with E-state index in [1.165, 1.54) is 6.07 Å². The third-order valence-electron chi connectivity index (χ3n) is 5.38. The summed E-state index contributed by atoms with van der Waals surface area (Å²) < 4.78 is 32.3. The van der Waals surface area contributed by atoms with Gasteiger partial charge in [0.05, 0.1) is 5.39 Å². The Bertz CT molecular complexity index is 1240. The molecule has 1 saturated heterocycles. The number of piperazine rings is 1. The molecule has 0 atom stereocenters. The van der Waals surface area contributed by atoms with Crippen molar-refractivity contribution in [1.29, 1.82) is 0 Å². The summed E-state index contributed by atoms with van der Waals surface area (Å²) in [7, 11) is 2.13. The molecular formula is C22H20F2N6O. The highest BCUT2D eigenvalue weighted by Crippen LogP contribution is 2.30. The highest BCUT2D eigenvalue weighted by atomic mass is 19.1. The minimum Gasteiger partial charge on any atom is -0.421 e. The van der Waals surface area contributed by atoms with Crippen molar-refractivity contribution in [2.24, 2.45) is 0 Å². The van der Waals surface area contributed by atoms with E-state index in [-0.39, 0.29) is 11.8 Å². The quantitative estimate of drug-likeness (QED) is 0.539. The molecule has 158 valence electrons. The Hall–Kier alpha value is -3.59.